The number of anilines is 1. The van der Waals surface area contributed by atoms with Gasteiger partial charge in [-0.25, -0.2) is 26.5 Å². The van der Waals surface area contributed by atoms with Crippen molar-refractivity contribution in [3.63, 3.8) is 0 Å². The fourth-order valence-electron chi connectivity index (χ4n) is 6.23. The van der Waals surface area contributed by atoms with E-state index >= 15 is 0 Å². The molecule has 11 heteroatoms. The molecule has 0 amide bonds. The average Bonchev–Trinajstić information content (AvgIpc) is 3.61. The number of aryl methyl sites for hydroxylation is 2. The van der Waals surface area contributed by atoms with Gasteiger partial charge in [0.05, 0.1) is 29.0 Å². The second-order valence-corrected chi connectivity index (χ2v) is 12.6. The minimum atomic E-state index is -3.26. The van der Waals surface area contributed by atoms with Crippen molar-refractivity contribution in [1.29, 1.82) is 0 Å². The quantitative estimate of drug-likeness (QED) is 0.322. The number of fused-ring (bicyclic) bond motifs is 1. The maximum atomic E-state index is 14.2. The van der Waals surface area contributed by atoms with E-state index in [4.69, 9.17) is 9.51 Å². The molecule has 2 aliphatic rings. The summed E-state index contributed by atoms with van der Waals surface area (Å²) in [6.07, 6.45) is 4.29. The number of aromatic nitrogens is 3. The smallest absolute Gasteiger partial charge is 0.211 e. The van der Waals surface area contributed by atoms with Gasteiger partial charge in [0.25, 0.3) is 0 Å². The Morgan fingerprint density at radius 3 is 2.41 bits per heavy atom. The lowest BCUT2D eigenvalue weighted by atomic mass is 10.0. The second kappa shape index (κ2) is 9.71. The van der Waals surface area contributed by atoms with Crippen molar-refractivity contribution in [3.8, 4) is 11.1 Å². The van der Waals surface area contributed by atoms with E-state index in [9.17, 15) is 17.2 Å². The molecule has 2 saturated heterocycles. The van der Waals surface area contributed by atoms with E-state index < -0.39 is 21.7 Å². The molecule has 0 radical (unpaired) electrons. The number of hydrogen-bond donors (Lipinski definition) is 0. The minimum absolute atomic E-state index is 0.0559. The summed E-state index contributed by atoms with van der Waals surface area (Å²) in [5.41, 5.74) is 5.13. The maximum Gasteiger partial charge on any atom is 0.211 e. The second-order valence-electron chi connectivity index (χ2n) is 10.6. The standard InChI is InChI=1S/C28H31F2N5O3S/c1-17-27(18(2)38-32-17)19-6-9-25-24(15-19)31-28(35(25)20-10-13-33(14-11-20)39(3,36)37)26-5-4-12-34(26)21-7-8-22(29)23(30)16-21/h6-9,15-16,20,26H,4-5,10-14H2,1-3H3/t26-/m0/s1. The number of imidazole rings is 1. The van der Waals surface area contributed by atoms with Crippen LogP contribution >= 0.6 is 0 Å². The van der Waals surface area contributed by atoms with Crippen LogP contribution in [0.15, 0.2) is 40.9 Å². The summed E-state index contributed by atoms with van der Waals surface area (Å²) < 4.78 is 61.4. The number of benzene rings is 2. The van der Waals surface area contributed by atoms with Gasteiger partial charge in [0.15, 0.2) is 11.6 Å². The van der Waals surface area contributed by atoms with E-state index in [0.717, 1.165) is 52.3 Å². The number of piperidine rings is 1. The Bertz CT molecular complexity index is 1640. The third-order valence-electron chi connectivity index (χ3n) is 8.08. The third-order valence-corrected chi connectivity index (χ3v) is 9.39. The molecule has 206 valence electrons. The van der Waals surface area contributed by atoms with Gasteiger partial charge in [-0.3, -0.25) is 0 Å². The Morgan fingerprint density at radius 1 is 0.974 bits per heavy atom. The number of sulfonamides is 1. The van der Waals surface area contributed by atoms with Gasteiger partial charge in [-0.15, -0.1) is 0 Å². The molecule has 4 heterocycles. The fraction of sp³-hybridized carbons (Fsp3) is 0.429. The Kier molecular flexibility index (Phi) is 6.46. The first-order valence-corrected chi connectivity index (χ1v) is 15.1. The highest BCUT2D eigenvalue weighted by Crippen LogP contribution is 2.41. The van der Waals surface area contributed by atoms with E-state index in [2.05, 4.69) is 20.7 Å². The lowest BCUT2D eigenvalue weighted by Gasteiger charge is -2.34. The topological polar surface area (TPSA) is 84.5 Å². The summed E-state index contributed by atoms with van der Waals surface area (Å²) in [5, 5.41) is 4.10. The van der Waals surface area contributed by atoms with Crippen LogP contribution in [-0.4, -0.2) is 53.3 Å². The van der Waals surface area contributed by atoms with Gasteiger partial charge in [-0.2, -0.15) is 0 Å². The molecular formula is C28H31F2N5O3S. The Morgan fingerprint density at radius 2 is 1.74 bits per heavy atom. The SMILES string of the molecule is Cc1noc(C)c1-c1ccc2c(c1)nc([C@@H]1CCCN1c1ccc(F)c(F)c1)n2C1CCN(S(C)(=O)=O)CC1. The van der Waals surface area contributed by atoms with Crippen LogP contribution in [0.2, 0.25) is 0 Å². The molecule has 2 aromatic heterocycles. The van der Waals surface area contributed by atoms with Crippen molar-refractivity contribution in [1.82, 2.24) is 19.0 Å². The molecule has 39 heavy (non-hydrogen) atoms. The van der Waals surface area contributed by atoms with Gasteiger partial charge >= 0.3 is 0 Å². The molecule has 0 unspecified atom stereocenters. The monoisotopic (exact) mass is 555 g/mol. The third kappa shape index (κ3) is 4.61. The first-order valence-electron chi connectivity index (χ1n) is 13.2. The van der Waals surface area contributed by atoms with E-state index in [1.807, 2.05) is 26.0 Å². The molecule has 0 aliphatic carbocycles. The van der Waals surface area contributed by atoms with Crippen LogP contribution < -0.4 is 4.90 Å². The molecule has 4 aromatic rings. The van der Waals surface area contributed by atoms with Gasteiger partial charge in [0.2, 0.25) is 10.0 Å². The minimum Gasteiger partial charge on any atom is -0.361 e. The van der Waals surface area contributed by atoms with E-state index in [0.29, 0.717) is 38.2 Å². The predicted octanol–water partition coefficient (Wildman–Crippen LogP) is 5.52. The number of nitrogens with zero attached hydrogens (tertiary/aromatic N) is 5. The number of halogens is 2. The number of rotatable bonds is 5. The van der Waals surface area contributed by atoms with Gasteiger partial charge in [-0.1, -0.05) is 11.2 Å². The summed E-state index contributed by atoms with van der Waals surface area (Å²) in [6, 6.07) is 10.1. The lowest BCUT2D eigenvalue weighted by molar-refractivity contribution is 0.273. The summed E-state index contributed by atoms with van der Waals surface area (Å²) in [6.45, 7) is 5.38. The van der Waals surface area contributed by atoms with E-state index in [1.165, 1.54) is 22.7 Å². The molecule has 0 N–H and O–H groups in total. The normalized spacial score (nSPS) is 19.4. The molecule has 0 spiro atoms. The van der Waals surface area contributed by atoms with Crippen LogP contribution in [0.5, 0.6) is 0 Å². The van der Waals surface area contributed by atoms with Gasteiger partial charge in [0.1, 0.15) is 11.6 Å². The summed E-state index contributed by atoms with van der Waals surface area (Å²) >= 11 is 0. The molecule has 2 fully saturated rings. The van der Waals surface area contributed by atoms with Crippen molar-refractivity contribution >= 4 is 26.7 Å². The Hall–Kier alpha value is -3.31. The highest BCUT2D eigenvalue weighted by atomic mass is 32.2. The van der Waals surface area contributed by atoms with Gasteiger partial charge in [0, 0.05) is 43.0 Å². The molecule has 2 aromatic carbocycles. The molecule has 0 bridgehead atoms. The Balaban J connectivity index is 1.46. The first-order chi connectivity index (χ1) is 18.6. The highest BCUT2D eigenvalue weighted by molar-refractivity contribution is 7.88. The predicted molar refractivity (Wildman–Crippen MR) is 145 cm³/mol. The molecule has 1 atom stereocenters. The lowest BCUT2D eigenvalue weighted by Crippen LogP contribution is -2.39. The van der Waals surface area contributed by atoms with E-state index in [1.54, 1.807) is 6.07 Å². The maximum absolute atomic E-state index is 14.2. The van der Waals surface area contributed by atoms with Crippen molar-refractivity contribution in [2.75, 3.05) is 30.8 Å². The molecule has 0 saturated carbocycles. The molecule has 8 nitrogen and oxygen atoms in total. The van der Waals surface area contributed by atoms with Crippen molar-refractivity contribution in [3.05, 3.63) is 65.3 Å². The zero-order chi connectivity index (χ0) is 27.5. The summed E-state index contributed by atoms with van der Waals surface area (Å²) in [7, 11) is -3.26. The van der Waals surface area contributed by atoms with Crippen LogP contribution in [0.4, 0.5) is 14.5 Å². The van der Waals surface area contributed by atoms with Crippen molar-refractivity contribution in [2.24, 2.45) is 0 Å². The summed E-state index contributed by atoms with van der Waals surface area (Å²) in [5.74, 6) is -0.143. The fourth-order valence-corrected chi connectivity index (χ4v) is 7.10. The zero-order valence-corrected chi connectivity index (χ0v) is 23.0. The summed E-state index contributed by atoms with van der Waals surface area (Å²) in [4.78, 5) is 7.25. The molecular weight excluding hydrogens is 524 g/mol. The largest absolute Gasteiger partial charge is 0.361 e. The van der Waals surface area contributed by atoms with E-state index in [-0.39, 0.29) is 12.1 Å². The van der Waals surface area contributed by atoms with Crippen LogP contribution in [0, 0.1) is 25.5 Å². The van der Waals surface area contributed by atoms with Crippen LogP contribution in [0.25, 0.3) is 22.2 Å². The zero-order valence-electron chi connectivity index (χ0n) is 22.2. The van der Waals surface area contributed by atoms with Crippen LogP contribution in [0.1, 0.15) is 55.0 Å². The highest BCUT2D eigenvalue weighted by Gasteiger charge is 2.35. The van der Waals surface area contributed by atoms with Crippen LogP contribution in [-0.2, 0) is 10.0 Å². The average molecular weight is 556 g/mol. The van der Waals surface area contributed by atoms with Gasteiger partial charge in [-0.05, 0) is 69.4 Å². The van der Waals surface area contributed by atoms with Crippen LogP contribution in [0.3, 0.4) is 0 Å². The molecule has 2 aliphatic heterocycles. The molecule has 6 rings (SSSR count). The van der Waals surface area contributed by atoms with Gasteiger partial charge < -0.3 is 14.0 Å². The van der Waals surface area contributed by atoms with Crippen molar-refractivity contribution in [2.45, 2.75) is 51.6 Å². The Labute approximate surface area is 226 Å². The first kappa shape index (κ1) is 25.9. The van der Waals surface area contributed by atoms with Crippen molar-refractivity contribution < 1.29 is 21.7 Å². The number of hydrogen-bond acceptors (Lipinski definition) is 6.